The number of ether oxygens (including phenoxy) is 1. The number of rotatable bonds is 5. The van der Waals surface area contributed by atoms with Crippen molar-refractivity contribution in [1.82, 2.24) is 5.32 Å². The smallest absolute Gasteiger partial charge is 0.123 e. The minimum atomic E-state index is 0.189. The van der Waals surface area contributed by atoms with E-state index in [9.17, 15) is 0 Å². The van der Waals surface area contributed by atoms with Gasteiger partial charge in [0.25, 0.3) is 0 Å². The van der Waals surface area contributed by atoms with E-state index in [0.717, 1.165) is 28.4 Å². The summed E-state index contributed by atoms with van der Waals surface area (Å²) in [7, 11) is 1.70. The lowest BCUT2D eigenvalue weighted by Crippen LogP contribution is -2.18. The van der Waals surface area contributed by atoms with Crippen molar-refractivity contribution in [1.29, 1.82) is 0 Å². The molecule has 1 N–H and O–H groups in total. The van der Waals surface area contributed by atoms with Crippen LogP contribution < -0.4 is 10.1 Å². The van der Waals surface area contributed by atoms with Gasteiger partial charge in [-0.25, -0.2) is 0 Å². The van der Waals surface area contributed by atoms with E-state index in [4.69, 9.17) is 16.3 Å². The summed E-state index contributed by atoms with van der Waals surface area (Å²) in [6.07, 6.45) is 0. The Morgan fingerprint density at radius 3 is 2.65 bits per heavy atom. The van der Waals surface area contributed by atoms with Gasteiger partial charge in [0.15, 0.2) is 0 Å². The summed E-state index contributed by atoms with van der Waals surface area (Å²) in [5.74, 6) is 0.912. The molecule has 0 saturated heterocycles. The molecule has 0 radical (unpaired) electrons. The first kappa shape index (κ1) is 14.9. The Morgan fingerprint density at radius 1 is 1.20 bits per heavy atom. The third-order valence-electron chi connectivity index (χ3n) is 3.41. The van der Waals surface area contributed by atoms with E-state index in [-0.39, 0.29) is 6.04 Å². The number of hydrogen-bond acceptors (Lipinski definition) is 2. The van der Waals surface area contributed by atoms with Crippen LogP contribution in [0.4, 0.5) is 0 Å². The van der Waals surface area contributed by atoms with Crippen molar-refractivity contribution in [3.8, 4) is 5.75 Å². The predicted molar refractivity (Wildman–Crippen MR) is 84.4 cm³/mol. The van der Waals surface area contributed by atoms with E-state index >= 15 is 0 Å². The zero-order valence-electron chi connectivity index (χ0n) is 12.1. The first-order valence-electron chi connectivity index (χ1n) is 6.73. The van der Waals surface area contributed by atoms with Crippen molar-refractivity contribution < 1.29 is 4.74 Å². The molecule has 0 aliphatic carbocycles. The lowest BCUT2D eigenvalue weighted by molar-refractivity contribution is 0.406. The van der Waals surface area contributed by atoms with Gasteiger partial charge >= 0.3 is 0 Å². The molecule has 0 bridgehead atoms. The van der Waals surface area contributed by atoms with Crippen LogP contribution in [0.25, 0.3) is 0 Å². The van der Waals surface area contributed by atoms with Crippen LogP contribution in [-0.2, 0) is 6.54 Å². The molecule has 1 atom stereocenters. The summed E-state index contributed by atoms with van der Waals surface area (Å²) in [5, 5.41) is 4.29. The molecule has 0 amide bonds. The summed E-state index contributed by atoms with van der Waals surface area (Å²) >= 11 is 6.22. The second kappa shape index (κ2) is 6.78. The fourth-order valence-electron chi connectivity index (χ4n) is 2.24. The van der Waals surface area contributed by atoms with E-state index in [1.807, 2.05) is 30.3 Å². The largest absolute Gasteiger partial charge is 0.496 e. The summed E-state index contributed by atoms with van der Waals surface area (Å²) < 4.78 is 5.40. The van der Waals surface area contributed by atoms with Gasteiger partial charge in [-0.15, -0.1) is 0 Å². The zero-order valence-corrected chi connectivity index (χ0v) is 12.9. The third kappa shape index (κ3) is 3.53. The number of aryl methyl sites for hydroxylation is 1. The van der Waals surface area contributed by atoms with Crippen molar-refractivity contribution in [3.05, 3.63) is 64.2 Å². The molecule has 0 aliphatic rings. The molecular formula is C17H20ClNO. The molecule has 106 valence electrons. The Morgan fingerprint density at radius 2 is 1.95 bits per heavy atom. The maximum absolute atomic E-state index is 6.22. The van der Waals surface area contributed by atoms with Crippen LogP contribution in [0.3, 0.4) is 0 Å². The van der Waals surface area contributed by atoms with Gasteiger partial charge in [0.2, 0.25) is 0 Å². The van der Waals surface area contributed by atoms with Gasteiger partial charge in [0.1, 0.15) is 5.75 Å². The maximum Gasteiger partial charge on any atom is 0.123 e. The summed E-state index contributed by atoms with van der Waals surface area (Å²) in [5.41, 5.74) is 3.50. The van der Waals surface area contributed by atoms with Crippen molar-refractivity contribution in [3.63, 3.8) is 0 Å². The number of hydrogen-bond donors (Lipinski definition) is 1. The summed E-state index contributed by atoms with van der Waals surface area (Å²) in [6, 6.07) is 14.3. The molecule has 0 heterocycles. The fraction of sp³-hybridized carbons (Fsp3) is 0.294. The topological polar surface area (TPSA) is 21.3 Å². The standard InChI is InChI=1S/C17H20ClNO/c1-12-8-9-17(20-3)14(10-12)11-19-13(2)15-6-4-5-7-16(15)18/h4-10,13,19H,11H2,1-3H3. The molecule has 0 saturated carbocycles. The van der Waals surface area contributed by atoms with Crippen molar-refractivity contribution in [2.24, 2.45) is 0 Å². The van der Waals surface area contributed by atoms with E-state index in [2.05, 4.69) is 31.3 Å². The van der Waals surface area contributed by atoms with Crippen molar-refractivity contribution in [2.45, 2.75) is 26.4 Å². The molecule has 20 heavy (non-hydrogen) atoms. The first-order valence-corrected chi connectivity index (χ1v) is 7.11. The van der Waals surface area contributed by atoms with Gasteiger partial charge in [0.05, 0.1) is 7.11 Å². The summed E-state index contributed by atoms with van der Waals surface area (Å²) in [6.45, 7) is 4.95. The average Bonchev–Trinajstić information content (AvgIpc) is 2.45. The van der Waals surface area contributed by atoms with Crippen molar-refractivity contribution in [2.75, 3.05) is 7.11 Å². The van der Waals surface area contributed by atoms with E-state index in [1.54, 1.807) is 7.11 Å². The molecule has 0 aromatic heterocycles. The molecular weight excluding hydrogens is 270 g/mol. The Balaban J connectivity index is 2.09. The lowest BCUT2D eigenvalue weighted by atomic mass is 10.1. The van der Waals surface area contributed by atoms with E-state index in [1.165, 1.54) is 5.56 Å². The van der Waals surface area contributed by atoms with E-state index < -0.39 is 0 Å². The van der Waals surface area contributed by atoms with Gasteiger partial charge in [-0.3, -0.25) is 0 Å². The summed E-state index contributed by atoms with van der Waals surface area (Å²) in [4.78, 5) is 0. The molecule has 0 fully saturated rings. The average molecular weight is 290 g/mol. The normalized spacial score (nSPS) is 12.2. The minimum Gasteiger partial charge on any atom is -0.496 e. The highest BCUT2D eigenvalue weighted by molar-refractivity contribution is 6.31. The van der Waals surface area contributed by atoms with E-state index in [0.29, 0.717) is 0 Å². The molecule has 0 spiro atoms. The van der Waals surface area contributed by atoms with Gasteiger partial charge in [-0.2, -0.15) is 0 Å². The zero-order chi connectivity index (χ0) is 14.5. The number of methoxy groups -OCH3 is 1. The molecule has 2 aromatic rings. The van der Waals surface area contributed by atoms with Crippen LogP contribution in [0.5, 0.6) is 5.75 Å². The highest BCUT2D eigenvalue weighted by Gasteiger charge is 2.10. The monoisotopic (exact) mass is 289 g/mol. The number of nitrogens with one attached hydrogen (secondary N) is 1. The van der Waals surface area contributed by atoms with Gasteiger partial charge in [0, 0.05) is 23.2 Å². The number of halogens is 1. The van der Waals surface area contributed by atoms with Crippen LogP contribution in [0, 0.1) is 6.92 Å². The highest BCUT2D eigenvalue weighted by atomic mass is 35.5. The lowest BCUT2D eigenvalue weighted by Gasteiger charge is -2.17. The third-order valence-corrected chi connectivity index (χ3v) is 3.75. The maximum atomic E-state index is 6.22. The van der Waals surface area contributed by atoms with Gasteiger partial charge in [-0.05, 0) is 31.5 Å². The Kier molecular flexibility index (Phi) is 5.05. The second-order valence-corrected chi connectivity index (χ2v) is 5.35. The van der Waals surface area contributed by atoms with Crippen LogP contribution >= 0.6 is 11.6 Å². The Hall–Kier alpha value is -1.51. The van der Waals surface area contributed by atoms with Crippen LogP contribution in [0.15, 0.2) is 42.5 Å². The molecule has 0 aliphatic heterocycles. The van der Waals surface area contributed by atoms with Crippen molar-refractivity contribution >= 4 is 11.6 Å². The molecule has 3 heteroatoms. The molecule has 2 nitrogen and oxygen atoms in total. The number of benzene rings is 2. The van der Waals surface area contributed by atoms with Gasteiger partial charge < -0.3 is 10.1 Å². The SMILES string of the molecule is COc1ccc(C)cc1CNC(C)c1ccccc1Cl. The molecule has 2 rings (SSSR count). The molecule has 2 aromatic carbocycles. The minimum absolute atomic E-state index is 0.189. The highest BCUT2D eigenvalue weighted by Crippen LogP contribution is 2.24. The van der Waals surface area contributed by atoms with Crippen LogP contribution in [0.2, 0.25) is 5.02 Å². The first-order chi connectivity index (χ1) is 9.61. The Bertz CT molecular complexity index is 583. The molecule has 1 unspecified atom stereocenters. The van der Waals surface area contributed by atoms with Crippen LogP contribution in [0.1, 0.15) is 29.7 Å². The van der Waals surface area contributed by atoms with Crippen LogP contribution in [-0.4, -0.2) is 7.11 Å². The second-order valence-electron chi connectivity index (χ2n) is 4.94. The quantitative estimate of drug-likeness (QED) is 0.874. The fourth-order valence-corrected chi connectivity index (χ4v) is 2.54. The Labute approximate surface area is 125 Å². The predicted octanol–water partition coefficient (Wildman–Crippen LogP) is 4.51. The van der Waals surface area contributed by atoms with Gasteiger partial charge in [-0.1, -0.05) is 47.5 Å².